The lowest BCUT2D eigenvalue weighted by Crippen LogP contribution is -2.47. The Hall–Kier alpha value is -3.90. The van der Waals surface area contributed by atoms with E-state index in [0.717, 1.165) is 35.5 Å². The molecule has 0 atom stereocenters. The molecule has 0 radical (unpaired) electrons. The molecule has 1 aromatic carbocycles. The number of rotatable bonds is 5. The minimum atomic E-state index is -0.295. The van der Waals surface area contributed by atoms with E-state index in [1.54, 1.807) is 19.3 Å². The maximum absolute atomic E-state index is 15.4. The highest BCUT2D eigenvalue weighted by atomic mass is 19.1. The third-order valence-corrected chi connectivity index (χ3v) is 7.58. The molecule has 11 nitrogen and oxygen atoms in total. The number of morpholine rings is 1. The Morgan fingerprint density at radius 2 is 1.77 bits per heavy atom. The fourth-order valence-corrected chi connectivity index (χ4v) is 5.42. The van der Waals surface area contributed by atoms with Gasteiger partial charge in [0.05, 0.1) is 24.6 Å². The average molecular weight is 534 g/mol. The summed E-state index contributed by atoms with van der Waals surface area (Å²) in [6.45, 7) is 8.44. The molecule has 5 heterocycles. The van der Waals surface area contributed by atoms with Gasteiger partial charge in [-0.25, -0.2) is 19.3 Å². The normalized spacial score (nSPS) is 17.9. The Labute approximate surface area is 226 Å². The fraction of sp³-hybridized carbons (Fsp3) is 0.444. The highest BCUT2D eigenvalue weighted by Crippen LogP contribution is 2.40. The molecule has 1 amide bonds. The molecule has 0 aliphatic carbocycles. The van der Waals surface area contributed by atoms with Crippen molar-refractivity contribution in [2.45, 2.75) is 19.9 Å². The molecule has 0 bridgehead atoms. The van der Waals surface area contributed by atoms with E-state index in [4.69, 9.17) is 20.4 Å². The number of ether oxygens (including phenoxy) is 1. The van der Waals surface area contributed by atoms with Gasteiger partial charge in [-0.1, -0.05) is 6.07 Å². The third kappa shape index (κ3) is 5.21. The van der Waals surface area contributed by atoms with Crippen LogP contribution in [0, 0.1) is 5.82 Å². The summed E-state index contributed by atoms with van der Waals surface area (Å²) < 4.78 is 20.9. The number of nitrogens with zero attached hydrogens (tertiary/aromatic N) is 8. The average Bonchev–Trinajstić information content (AvgIpc) is 3.39. The Kier molecular flexibility index (Phi) is 6.96. The summed E-state index contributed by atoms with van der Waals surface area (Å²) in [6.07, 6.45) is 4.00. The van der Waals surface area contributed by atoms with Crippen LogP contribution in [0.3, 0.4) is 0 Å². The number of piperazine rings is 1. The van der Waals surface area contributed by atoms with Crippen LogP contribution in [0.2, 0.25) is 0 Å². The lowest BCUT2D eigenvalue weighted by atomic mass is 10.1. The monoisotopic (exact) mass is 533 g/mol. The largest absolute Gasteiger partial charge is 0.378 e. The van der Waals surface area contributed by atoms with Crippen LogP contribution in [0.5, 0.6) is 0 Å². The predicted molar refractivity (Wildman–Crippen MR) is 145 cm³/mol. The first-order chi connectivity index (χ1) is 19.0. The number of carbonyl (C=O) groups is 1. The van der Waals surface area contributed by atoms with Crippen LogP contribution in [0.15, 0.2) is 30.6 Å². The molecular formula is C27H32FN9O2. The number of carbonyl (C=O) groups excluding carboxylic acids is 1. The van der Waals surface area contributed by atoms with E-state index in [2.05, 4.69) is 19.8 Å². The summed E-state index contributed by atoms with van der Waals surface area (Å²) in [4.78, 5) is 38.1. The van der Waals surface area contributed by atoms with Crippen molar-refractivity contribution in [2.75, 3.05) is 74.6 Å². The lowest BCUT2D eigenvalue weighted by Gasteiger charge is -2.34. The van der Waals surface area contributed by atoms with E-state index in [1.807, 2.05) is 21.9 Å². The number of nitrogen functional groups attached to an aromatic ring is 1. The molecule has 3 aliphatic heterocycles. The number of hydrogen-bond acceptors (Lipinski definition) is 10. The molecule has 2 saturated heterocycles. The van der Waals surface area contributed by atoms with Crippen LogP contribution in [0.25, 0.3) is 11.3 Å². The van der Waals surface area contributed by atoms with Gasteiger partial charge in [-0.2, -0.15) is 4.98 Å². The lowest BCUT2D eigenvalue weighted by molar-refractivity contribution is -0.130. The van der Waals surface area contributed by atoms with E-state index in [1.165, 1.54) is 6.07 Å². The van der Waals surface area contributed by atoms with Gasteiger partial charge in [-0.15, -0.1) is 0 Å². The van der Waals surface area contributed by atoms with E-state index in [-0.39, 0.29) is 17.7 Å². The topological polar surface area (TPSA) is 117 Å². The molecule has 2 fully saturated rings. The second kappa shape index (κ2) is 10.7. The van der Waals surface area contributed by atoms with Crippen LogP contribution in [0.4, 0.5) is 27.8 Å². The highest BCUT2D eigenvalue weighted by Gasteiger charge is 2.31. The molecule has 39 heavy (non-hydrogen) atoms. The molecule has 3 aromatic rings. The second-order valence-corrected chi connectivity index (χ2v) is 10.1. The van der Waals surface area contributed by atoms with Gasteiger partial charge >= 0.3 is 0 Å². The van der Waals surface area contributed by atoms with E-state index in [0.29, 0.717) is 76.4 Å². The van der Waals surface area contributed by atoms with E-state index in [9.17, 15) is 4.79 Å². The first-order valence-corrected chi connectivity index (χ1v) is 13.3. The Morgan fingerprint density at radius 1 is 1.03 bits per heavy atom. The summed E-state index contributed by atoms with van der Waals surface area (Å²) in [5.41, 5.74) is 9.68. The summed E-state index contributed by atoms with van der Waals surface area (Å²) in [6, 6.07) is 5.29. The van der Waals surface area contributed by atoms with Crippen molar-refractivity contribution in [1.82, 2.24) is 29.7 Å². The van der Waals surface area contributed by atoms with Crippen molar-refractivity contribution in [3.8, 4) is 11.3 Å². The van der Waals surface area contributed by atoms with Gasteiger partial charge in [0.25, 0.3) is 0 Å². The highest BCUT2D eigenvalue weighted by molar-refractivity contribution is 5.77. The molecule has 0 unspecified atom stereocenters. The van der Waals surface area contributed by atoms with Crippen LogP contribution < -0.4 is 15.5 Å². The number of nitrogens with two attached hydrogens (primary N) is 1. The fourth-order valence-electron chi connectivity index (χ4n) is 5.42. The van der Waals surface area contributed by atoms with Crippen molar-refractivity contribution in [3.05, 3.63) is 47.5 Å². The third-order valence-electron chi connectivity index (χ3n) is 7.58. The Balaban J connectivity index is 1.33. The minimum Gasteiger partial charge on any atom is -0.378 e. The number of halogens is 1. The first kappa shape index (κ1) is 25.4. The zero-order valence-corrected chi connectivity index (χ0v) is 22.0. The SMILES string of the molecule is CC(=O)N1CCN(Cc2ccc(F)c(N3CCc4c(-c5cnc(N)nc5)nc(N5CCOCC5)nc43)c2)CC1. The van der Waals surface area contributed by atoms with Gasteiger partial charge in [-0.3, -0.25) is 9.69 Å². The maximum Gasteiger partial charge on any atom is 0.228 e. The molecule has 0 saturated carbocycles. The van der Waals surface area contributed by atoms with Crippen LogP contribution in [-0.2, 0) is 22.5 Å². The minimum absolute atomic E-state index is 0.106. The molecule has 2 N–H and O–H groups in total. The van der Waals surface area contributed by atoms with Gasteiger partial charge in [0.1, 0.15) is 11.6 Å². The van der Waals surface area contributed by atoms with Crippen molar-refractivity contribution in [2.24, 2.45) is 0 Å². The van der Waals surface area contributed by atoms with Gasteiger partial charge < -0.3 is 25.2 Å². The van der Waals surface area contributed by atoms with Gasteiger partial charge in [-0.05, 0) is 24.1 Å². The summed E-state index contributed by atoms with van der Waals surface area (Å²) in [5, 5.41) is 0. The Bertz CT molecular complexity index is 1360. The van der Waals surface area contributed by atoms with Crippen LogP contribution in [0.1, 0.15) is 18.1 Å². The zero-order valence-electron chi connectivity index (χ0n) is 22.0. The second-order valence-electron chi connectivity index (χ2n) is 10.1. The quantitative estimate of drug-likeness (QED) is 0.521. The number of aromatic nitrogens is 4. The van der Waals surface area contributed by atoms with E-state index >= 15 is 4.39 Å². The molecule has 3 aliphatic rings. The van der Waals surface area contributed by atoms with Crippen molar-refractivity contribution in [1.29, 1.82) is 0 Å². The predicted octanol–water partition coefficient (Wildman–Crippen LogP) is 1.85. The molecule has 12 heteroatoms. The smallest absolute Gasteiger partial charge is 0.228 e. The summed E-state index contributed by atoms with van der Waals surface area (Å²) in [7, 11) is 0. The maximum atomic E-state index is 15.4. The summed E-state index contributed by atoms with van der Waals surface area (Å²) >= 11 is 0. The Morgan fingerprint density at radius 3 is 2.49 bits per heavy atom. The molecule has 0 spiro atoms. The number of fused-ring (bicyclic) bond motifs is 1. The molecule has 204 valence electrons. The molecule has 6 rings (SSSR count). The standard InChI is InChI=1S/C27H32FN9O2/c1-18(38)35-8-6-34(7-9-35)17-19-2-3-22(28)23(14-19)37-5-4-21-24(20-15-30-26(29)31-16-20)32-27(33-25(21)37)36-10-12-39-13-11-36/h2-3,14-16H,4-13,17H2,1H3,(H2,29,30,31). The summed E-state index contributed by atoms with van der Waals surface area (Å²) in [5.74, 6) is 1.29. The van der Waals surface area contributed by atoms with Crippen molar-refractivity contribution < 1.29 is 13.9 Å². The van der Waals surface area contributed by atoms with Crippen molar-refractivity contribution >= 4 is 29.3 Å². The van der Waals surface area contributed by atoms with Crippen LogP contribution in [-0.4, -0.2) is 94.7 Å². The van der Waals surface area contributed by atoms with E-state index < -0.39 is 0 Å². The number of amides is 1. The molecular weight excluding hydrogens is 501 g/mol. The van der Waals surface area contributed by atoms with Gasteiger partial charge in [0.2, 0.25) is 17.8 Å². The molecule has 2 aromatic heterocycles. The van der Waals surface area contributed by atoms with Crippen LogP contribution >= 0.6 is 0 Å². The number of anilines is 4. The number of hydrogen-bond donors (Lipinski definition) is 1. The number of benzene rings is 1. The first-order valence-electron chi connectivity index (χ1n) is 13.3. The van der Waals surface area contributed by atoms with Gasteiger partial charge in [0.15, 0.2) is 0 Å². The van der Waals surface area contributed by atoms with Crippen molar-refractivity contribution in [3.63, 3.8) is 0 Å². The zero-order chi connectivity index (χ0) is 26.9. The van der Waals surface area contributed by atoms with Gasteiger partial charge in [0, 0.05) is 82.8 Å².